The number of hydrogen-bond acceptors (Lipinski definition) is 3. The van der Waals surface area contributed by atoms with Crippen molar-refractivity contribution < 1.29 is 4.74 Å². The average Bonchev–Trinajstić information content (AvgIpc) is 2.65. The van der Waals surface area contributed by atoms with Gasteiger partial charge in [-0.05, 0) is 30.4 Å². The van der Waals surface area contributed by atoms with Crippen LogP contribution in [0.3, 0.4) is 0 Å². The Hall–Kier alpha value is -0.0900. The molecule has 0 saturated heterocycles. The van der Waals surface area contributed by atoms with Crippen molar-refractivity contribution in [3.8, 4) is 0 Å². The fourth-order valence-electron chi connectivity index (χ4n) is 1.76. The molecule has 92 valence electrons. The lowest BCUT2D eigenvalue weighted by molar-refractivity contribution is 0.157. The van der Waals surface area contributed by atoms with E-state index < -0.39 is 0 Å². The third kappa shape index (κ3) is 4.42. The van der Waals surface area contributed by atoms with E-state index in [9.17, 15) is 0 Å². The van der Waals surface area contributed by atoms with Gasteiger partial charge in [-0.2, -0.15) is 0 Å². The maximum absolute atomic E-state index is 5.93. The summed E-state index contributed by atoms with van der Waals surface area (Å²) in [6.45, 7) is 5.11. The molecule has 1 rings (SSSR count). The third-order valence-corrected chi connectivity index (χ3v) is 3.69. The second kappa shape index (κ2) is 7.28. The summed E-state index contributed by atoms with van der Waals surface area (Å²) in [5, 5.41) is 5.68. The SMILES string of the molecule is CCCC(COC)NC(C)c1csc(Cl)c1. The van der Waals surface area contributed by atoms with Crippen LogP contribution in [0.15, 0.2) is 11.4 Å². The molecule has 0 aromatic carbocycles. The van der Waals surface area contributed by atoms with E-state index in [1.165, 1.54) is 5.56 Å². The van der Waals surface area contributed by atoms with E-state index in [1.807, 2.05) is 6.07 Å². The van der Waals surface area contributed by atoms with Gasteiger partial charge in [0.15, 0.2) is 0 Å². The second-order valence-electron chi connectivity index (χ2n) is 4.01. The van der Waals surface area contributed by atoms with E-state index in [-0.39, 0.29) is 0 Å². The van der Waals surface area contributed by atoms with Crippen LogP contribution in [-0.4, -0.2) is 19.8 Å². The van der Waals surface area contributed by atoms with Crippen molar-refractivity contribution in [3.05, 3.63) is 21.3 Å². The van der Waals surface area contributed by atoms with Crippen LogP contribution in [0.25, 0.3) is 0 Å². The Labute approximate surface area is 107 Å². The van der Waals surface area contributed by atoms with E-state index in [1.54, 1.807) is 18.4 Å². The molecular weight excluding hydrogens is 242 g/mol. The standard InChI is InChI=1S/C12H20ClNOS/c1-4-5-11(7-15-3)14-9(2)10-6-12(13)16-8-10/h6,8-9,11,14H,4-5,7H2,1-3H3. The van der Waals surface area contributed by atoms with Crippen molar-refractivity contribution >= 4 is 22.9 Å². The minimum absolute atomic E-state index is 0.329. The predicted octanol–water partition coefficient (Wildman–Crippen LogP) is 3.87. The van der Waals surface area contributed by atoms with Crippen molar-refractivity contribution in [2.24, 2.45) is 0 Å². The van der Waals surface area contributed by atoms with Crippen LogP contribution in [0.2, 0.25) is 4.34 Å². The molecule has 0 fully saturated rings. The third-order valence-electron chi connectivity index (χ3n) is 2.58. The van der Waals surface area contributed by atoms with Crippen LogP contribution in [-0.2, 0) is 4.74 Å². The Bertz CT molecular complexity index is 297. The van der Waals surface area contributed by atoms with Gasteiger partial charge in [-0.15, -0.1) is 11.3 Å². The first kappa shape index (κ1) is 14.0. The number of ether oxygens (including phenoxy) is 1. The van der Waals surface area contributed by atoms with Crippen LogP contribution >= 0.6 is 22.9 Å². The van der Waals surface area contributed by atoms with Gasteiger partial charge in [-0.1, -0.05) is 24.9 Å². The van der Waals surface area contributed by atoms with Crippen LogP contribution in [0.1, 0.15) is 38.3 Å². The lowest BCUT2D eigenvalue weighted by atomic mass is 10.1. The largest absolute Gasteiger partial charge is 0.383 e. The number of nitrogens with one attached hydrogen (secondary N) is 1. The molecule has 1 aromatic heterocycles. The van der Waals surface area contributed by atoms with E-state index in [0.717, 1.165) is 23.8 Å². The Balaban J connectivity index is 2.50. The Morgan fingerprint density at radius 2 is 2.31 bits per heavy atom. The molecular formula is C12H20ClNOS. The monoisotopic (exact) mass is 261 g/mol. The minimum atomic E-state index is 0.329. The first-order valence-electron chi connectivity index (χ1n) is 5.66. The van der Waals surface area contributed by atoms with E-state index >= 15 is 0 Å². The summed E-state index contributed by atoms with van der Waals surface area (Å²) >= 11 is 7.51. The van der Waals surface area contributed by atoms with Gasteiger partial charge in [0, 0.05) is 19.2 Å². The van der Waals surface area contributed by atoms with Crippen LogP contribution < -0.4 is 5.32 Å². The topological polar surface area (TPSA) is 21.3 Å². The molecule has 4 heteroatoms. The van der Waals surface area contributed by atoms with Gasteiger partial charge in [0.25, 0.3) is 0 Å². The van der Waals surface area contributed by atoms with Gasteiger partial charge < -0.3 is 10.1 Å². The molecule has 0 aliphatic heterocycles. The molecule has 0 radical (unpaired) electrons. The Morgan fingerprint density at radius 3 is 2.81 bits per heavy atom. The quantitative estimate of drug-likeness (QED) is 0.805. The van der Waals surface area contributed by atoms with Gasteiger partial charge >= 0.3 is 0 Å². The summed E-state index contributed by atoms with van der Waals surface area (Å²) in [7, 11) is 1.75. The summed E-state index contributed by atoms with van der Waals surface area (Å²) in [5.41, 5.74) is 1.26. The molecule has 1 N–H and O–H groups in total. The Morgan fingerprint density at radius 1 is 1.56 bits per heavy atom. The number of hydrogen-bond donors (Lipinski definition) is 1. The molecule has 0 spiro atoms. The highest BCUT2D eigenvalue weighted by atomic mass is 35.5. The summed E-state index contributed by atoms with van der Waals surface area (Å²) in [5.74, 6) is 0. The normalized spacial score (nSPS) is 15.0. The molecule has 0 bridgehead atoms. The van der Waals surface area contributed by atoms with E-state index in [0.29, 0.717) is 12.1 Å². The molecule has 1 heterocycles. The second-order valence-corrected chi connectivity index (χ2v) is 5.56. The minimum Gasteiger partial charge on any atom is -0.383 e. The average molecular weight is 262 g/mol. The molecule has 2 nitrogen and oxygen atoms in total. The zero-order chi connectivity index (χ0) is 12.0. The molecule has 16 heavy (non-hydrogen) atoms. The lowest BCUT2D eigenvalue weighted by Gasteiger charge is -2.22. The lowest BCUT2D eigenvalue weighted by Crippen LogP contribution is -2.34. The first-order valence-corrected chi connectivity index (χ1v) is 6.92. The fourth-order valence-corrected chi connectivity index (χ4v) is 2.75. The van der Waals surface area contributed by atoms with Gasteiger partial charge in [-0.3, -0.25) is 0 Å². The number of thiophene rings is 1. The molecule has 0 saturated carbocycles. The zero-order valence-corrected chi connectivity index (χ0v) is 11.7. The van der Waals surface area contributed by atoms with E-state index in [2.05, 4.69) is 24.5 Å². The maximum atomic E-state index is 5.93. The number of rotatable bonds is 7. The molecule has 0 aliphatic carbocycles. The van der Waals surface area contributed by atoms with E-state index in [4.69, 9.17) is 16.3 Å². The van der Waals surface area contributed by atoms with Crippen LogP contribution in [0.4, 0.5) is 0 Å². The van der Waals surface area contributed by atoms with Crippen LogP contribution in [0, 0.1) is 0 Å². The molecule has 2 atom stereocenters. The number of methoxy groups -OCH3 is 1. The van der Waals surface area contributed by atoms with Crippen molar-refractivity contribution in [2.75, 3.05) is 13.7 Å². The van der Waals surface area contributed by atoms with Gasteiger partial charge in [-0.25, -0.2) is 0 Å². The Kier molecular flexibility index (Phi) is 6.36. The highest BCUT2D eigenvalue weighted by Gasteiger charge is 2.13. The fraction of sp³-hybridized carbons (Fsp3) is 0.667. The van der Waals surface area contributed by atoms with Crippen molar-refractivity contribution in [3.63, 3.8) is 0 Å². The molecule has 0 amide bonds. The molecule has 1 aromatic rings. The van der Waals surface area contributed by atoms with Crippen LogP contribution in [0.5, 0.6) is 0 Å². The molecule has 2 unspecified atom stereocenters. The zero-order valence-electron chi connectivity index (χ0n) is 10.1. The smallest absolute Gasteiger partial charge is 0.0931 e. The molecule has 0 aliphatic rings. The summed E-state index contributed by atoms with van der Waals surface area (Å²) in [6, 6.07) is 2.78. The maximum Gasteiger partial charge on any atom is 0.0931 e. The van der Waals surface area contributed by atoms with Crippen molar-refractivity contribution in [2.45, 2.75) is 38.8 Å². The van der Waals surface area contributed by atoms with Gasteiger partial charge in [0.1, 0.15) is 0 Å². The highest BCUT2D eigenvalue weighted by molar-refractivity contribution is 7.14. The summed E-state index contributed by atoms with van der Waals surface area (Å²) < 4.78 is 6.06. The van der Waals surface area contributed by atoms with Gasteiger partial charge in [0.05, 0.1) is 10.9 Å². The van der Waals surface area contributed by atoms with Crippen molar-refractivity contribution in [1.82, 2.24) is 5.32 Å². The van der Waals surface area contributed by atoms with Crippen molar-refractivity contribution in [1.29, 1.82) is 0 Å². The highest BCUT2D eigenvalue weighted by Crippen LogP contribution is 2.25. The first-order chi connectivity index (χ1) is 7.67. The predicted molar refractivity (Wildman–Crippen MR) is 71.5 cm³/mol. The summed E-state index contributed by atoms with van der Waals surface area (Å²) in [4.78, 5) is 0. The summed E-state index contributed by atoms with van der Waals surface area (Å²) in [6.07, 6.45) is 2.30. The van der Waals surface area contributed by atoms with Gasteiger partial charge in [0.2, 0.25) is 0 Å². The number of halogens is 1.